The third kappa shape index (κ3) is 3.95. The molecule has 1 heterocycles. The van der Waals surface area contributed by atoms with Gasteiger partial charge >= 0.3 is 11.9 Å². The summed E-state index contributed by atoms with van der Waals surface area (Å²) in [4.78, 5) is 35.0. The number of hydrogen-bond acceptors (Lipinski definition) is 7. The van der Waals surface area contributed by atoms with Crippen LogP contribution >= 0.6 is 0 Å². The SMILES string of the molecule is CC1=C(C(=O)OC(C)C)C(c2cccc([N+](=O)[O-])c2)C(C(=O)O)=C(C#N)N1. The Hall–Kier alpha value is -3.67. The van der Waals surface area contributed by atoms with Gasteiger partial charge in [-0.2, -0.15) is 5.26 Å². The number of aliphatic carboxylic acids is 1. The van der Waals surface area contributed by atoms with Gasteiger partial charge in [-0.05, 0) is 26.3 Å². The van der Waals surface area contributed by atoms with Crippen LogP contribution in [-0.2, 0) is 14.3 Å². The highest BCUT2D eigenvalue weighted by Gasteiger charge is 2.39. The summed E-state index contributed by atoms with van der Waals surface area (Å²) in [6.45, 7) is 4.79. The summed E-state index contributed by atoms with van der Waals surface area (Å²) in [7, 11) is 0. The number of allylic oxidation sites excluding steroid dienone is 2. The van der Waals surface area contributed by atoms with E-state index in [2.05, 4.69) is 5.32 Å². The standard InChI is InChI=1S/C18H17N3O6/c1-9(2)27-18(24)14-10(3)20-13(8-19)16(17(22)23)15(14)11-5-4-6-12(7-11)21(25)26/h4-7,9,15,20H,1-3H3,(H,22,23). The minimum absolute atomic E-state index is 0.0133. The molecule has 0 fully saturated rings. The van der Waals surface area contributed by atoms with Crippen molar-refractivity contribution in [2.75, 3.05) is 0 Å². The molecule has 0 saturated heterocycles. The lowest BCUT2D eigenvalue weighted by Gasteiger charge is -2.28. The number of carbonyl (C=O) groups excluding carboxylic acids is 1. The van der Waals surface area contributed by atoms with Gasteiger partial charge in [-0.25, -0.2) is 9.59 Å². The number of nitro benzene ring substituents is 1. The van der Waals surface area contributed by atoms with Gasteiger partial charge in [0, 0.05) is 17.8 Å². The lowest BCUT2D eigenvalue weighted by atomic mass is 9.80. The molecule has 0 radical (unpaired) electrons. The number of carbonyl (C=O) groups is 2. The summed E-state index contributed by atoms with van der Waals surface area (Å²) in [5.74, 6) is -3.37. The van der Waals surface area contributed by atoms with E-state index in [4.69, 9.17) is 4.74 Å². The van der Waals surface area contributed by atoms with Crippen LogP contribution in [0.1, 0.15) is 32.3 Å². The van der Waals surface area contributed by atoms with Crippen LogP contribution in [0, 0.1) is 21.4 Å². The Morgan fingerprint density at radius 2 is 2.04 bits per heavy atom. The monoisotopic (exact) mass is 371 g/mol. The molecule has 1 unspecified atom stereocenters. The lowest BCUT2D eigenvalue weighted by molar-refractivity contribution is -0.384. The van der Waals surface area contributed by atoms with Gasteiger partial charge < -0.3 is 15.2 Å². The Bertz CT molecular complexity index is 923. The Labute approximate surface area is 154 Å². The molecule has 9 nitrogen and oxygen atoms in total. The van der Waals surface area contributed by atoms with Crippen LogP contribution in [0.15, 0.2) is 46.8 Å². The largest absolute Gasteiger partial charge is 0.478 e. The number of nitrogens with one attached hydrogen (secondary N) is 1. The summed E-state index contributed by atoms with van der Waals surface area (Å²) in [5, 5.41) is 32.7. The molecule has 9 heteroatoms. The molecule has 2 N–H and O–H groups in total. The average Bonchev–Trinajstić information content (AvgIpc) is 2.59. The smallest absolute Gasteiger partial charge is 0.337 e. The zero-order valence-corrected chi connectivity index (χ0v) is 14.8. The van der Waals surface area contributed by atoms with E-state index in [-0.39, 0.29) is 33.8 Å². The minimum Gasteiger partial charge on any atom is -0.478 e. The van der Waals surface area contributed by atoms with E-state index in [1.807, 2.05) is 0 Å². The van der Waals surface area contributed by atoms with Crippen LogP contribution in [0.2, 0.25) is 0 Å². The van der Waals surface area contributed by atoms with Crippen molar-refractivity contribution in [2.24, 2.45) is 0 Å². The molecule has 1 aliphatic heterocycles. The first-order chi connectivity index (χ1) is 12.7. The van der Waals surface area contributed by atoms with E-state index in [1.54, 1.807) is 19.9 Å². The third-order valence-corrected chi connectivity index (χ3v) is 3.88. The maximum Gasteiger partial charge on any atom is 0.337 e. The van der Waals surface area contributed by atoms with Gasteiger partial charge in [0.25, 0.3) is 5.69 Å². The fraction of sp³-hybridized carbons (Fsp3) is 0.278. The van der Waals surface area contributed by atoms with Crippen molar-refractivity contribution in [1.29, 1.82) is 5.26 Å². The zero-order valence-electron chi connectivity index (χ0n) is 14.8. The number of non-ortho nitro benzene ring substituents is 1. The molecule has 1 aromatic carbocycles. The van der Waals surface area contributed by atoms with E-state index in [9.17, 15) is 30.1 Å². The number of dihydropyridines is 1. The van der Waals surface area contributed by atoms with Gasteiger partial charge in [-0.3, -0.25) is 10.1 Å². The van der Waals surface area contributed by atoms with Gasteiger partial charge in [0.15, 0.2) is 0 Å². The second-order valence-electron chi connectivity index (χ2n) is 6.11. The van der Waals surface area contributed by atoms with Crippen LogP contribution in [0.4, 0.5) is 5.69 Å². The summed E-state index contributed by atoms with van der Waals surface area (Å²) in [6.07, 6.45) is -0.460. The molecule has 1 aliphatic rings. The Balaban J connectivity index is 2.74. The summed E-state index contributed by atoms with van der Waals surface area (Å²) >= 11 is 0. The minimum atomic E-state index is -1.42. The van der Waals surface area contributed by atoms with Crippen molar-refractivity contribution in [2.45, 2.75) is 32.8 Å². The van der Waals surface area contributed by atoms with Gasteiger partial charge in [0.05, 0.1) is 28.1 Å². The van der Waals surface area contributed by atoms with Crippen molar-refractivity contribution in [3.8, 4) is 6.07 Å². The average molecular weight is 371 g/mol. The predicted molar refractivity (Wildman–Crippen MR) is 93.2 cm³/mol. The molecule has 0 saturated carbocycles. The molecule has 0 spiro atoms. The quantitative estimate of drug-likeness (QED) is 0.456. The number of nitriles is 1. The second-order valence-corrected chi connectivity index (χ2v) is 6.11. The topological polar surface area (TPSA) is 143 Å². The molecule has 1 atom stereocenters. The second kappa shape index (κ2) is 7.70. The Morgan fingerprint density at radius 3 is 2.56 bits per heavy atom. The van der Waals surface area contributed by atoms with Crippen molar-refractivity contribution in [3.05, 3.63) is 62.5 Å². The highest BCUT2D eigenvalue weighted by atomic mass is 16.6. The predicted octanol–water partition coefficient (Wildman–Crippen LogP) is 2.37. The summed E-state index contributed by atoms with van der Waals surface area (Å²) in [5.41, 5.74) is -0.439. The van der Waals surface area contributed by atoms with Crippen LogP contribution in [-0.4, -0.2) is 28.1 Å². The molecule has 0 aliphatic carbocycles. The molecule has 140 valence electrons. The number of carboxylic acid groups (broad SMARTS) is 1. The summed E-state index contributed by atoms with van der Waals surface area (Å²) < 4.78 is 5.22. The van der Waals surface area contributed by atoms with Crippen molar-refractivity contribution in [1.82, 2.24) is 5.32 Å². The third-order valence-electron chi connectivity index (χ3n) is 3.88. The van der Waals surface area contributed by atoms with Crippen LogP contribution in [0.3, 0.4) is 0 Å². The number of nitrogens with zero attached hydrogens (tertiary/aromatic N) is 2. The molecule has 0 amide bonds. The molecule has 0 aromatic heterocycles. The molecule has 27 heavy (non-hydrogen) atoms. The van der Waals surface area contributed by atoms with Gasteiger partial charge in [0.2, 0.25) is 0 Å². The number of nitro groups is 1. The maximum atomic E-state index is 12.6. The van der Waals surface area contributed by atoms with Crippen LogP contribution < -0.4 is 5.32 Å². The maximum absolute atomic E-state index is 12.6. The van der Waals surface area contributed by atoms with Gasteiger partial charge in [-0.1, -0.05) is 12.1 Å². The Kier molecular flexibility index (Phi) is 5.60. The van der Waals surface area contributed by atoms with Crippen LogP contribution in [0.5, 0.6) is 0 Å². The van der Waals surface area contributed by atoms with E-state index in [0.29, 0.717) is 0 Å². The van der Waals surface area contributed by atoms with Crippen molar-refractivity contribution in [3.63, 3.8) is 0 Å². The first-order valence-electron chi connectivity index (χ1n) is 7.98. The first-order valence-corrected chi connectivity index (χ1v) is 7.98. The van der Waals surface area contributed by atoms with Gasteiger partial charge in [-0.15, -0.1) is 0 Å². The van der Waals surface area contributed by atoms with E-state index in [1.165, 1.54) is 31.2 Å². The van der Waals surface area contributed by atoms with Crippen LogP contribution in [0.25, 0.3) is 0 Å². The number of hydrogen-bond donors (Lipinski definition) is 2. The van der Waals surface area contributed by atoms with Crippen molar-refractivity contribution >= 4 is 17.6 Å². The molecule has 2 rings (SSSR count). The number of ether oxygens (including phenoxy) is 1. The van der Waals surface area contributed by atoms with Gasteiger partial charge in [0.1, 0.15) is 11.8 Å². The number of esters is 1. The fourth-order valence-corrected chi connectivity index (χ4v) is 2.85. The zero-order chi connectivity index (χ0) is 20.3. The molecule has 0 bridgehead atoms. The van der Waals surface area contributed by atoms with E-state index < -0.39 is 28.9 Å². The number of carboxylic acids is 1. The number of benzene rings is 1. The van der Waals surface area contributed by atoms with E-state index >= 15 is 0 Å². The Morgan fingerprint density at radius 1 is 1.37 bits per heavy atom. The lowest BCUT2D eigenvalue weighted by Crippen LogP contribution is -2.33. The highest BCUT2D eigenvalue weighted by Crippen LogP contribution is 2.39. The fourth-order valence-electron chi connectivity index (χ4n) is 2.85. The summed E-state index contributed by atoms with van der Waals surface area (Å²) in [6, 6.07) is 7.07. The molecule has 1 aromatic rings. The van der Waals surface area contributed by atoms with Crippen molar-refractivity contribution < 1.29 is 24.4 Å². The van der Waals surface area contributed by atoms with E-state index in [0.717, 1.165) is 0 Å². The number of rotatable bonds is 5. The normalized spacial score (nSPS) is 16.6. The first kappa shape index (κ1) is 19.7. The highest BCUT2D eigenvalue weighted by molar-refractivity contribution is 5.99. The molecular weight excluding hydrogens is 354 g/mol. The molecular formula is C18H17N3O6.